The monoisotopic (exact) mass is 207 g/mol. The van der Waals surface area contributed by atoms with Gasteiger partial charge in [-0.3, -0.25) is 0 Å². The van der Waals surface area contributed by atoms with Gasteiger partial charge in [0.05, 0.1) is 0 Å². The van der Waals surface area contributed by atoms with Gasteiger partial charge in [-0.2, -0.15) is 11.8 Å². The minimum Gasteiger partial charge on any atom is -0.306 e. The molecule has 1 saturated heterocycles. The Hall–Kier alpha value is -0.470. The molecule has 0 spiro atoms. The smallest absolute Gasteiger partial charge is 0.0323 e. The molecule has 0 saturated carbocycles. The lowest BCUT2D eigenvalue weighted by Gasteiger charge is -2.13. The van der Waals surface area contributed by atoms with Crippen LogP contribution < -0.4 is 5.32 Å². The summed E-state index contributed by atoms with van der Waals surface area (Å²) in [5.41, 5.74) is 1.44. The molecular formula is C12H17NS. The lowest BCUT2D eigenvalue weighted by Crippen LogP contribution is -2.26. The molecule has 1 heterocycles. The Morgan fingerprint density at radius 3 is 2.79 bits per heavy atom. The van der Waals surface area contributed by atoms with Gasteiger partial charge in [0, 0.05) is 17.8 Å². The third kappa shape index (κ3) is 2.31. The highest BCUT2D eigenvalue weighted by molar-refractivity contribution is 7.98. The van der Waals surface area contributed by atoms with Gasteiger partial charge in [-0.05, 0) is 24.7 Å². The maximum atomic E-state index is 3.69. The number of hydrogen-bond acceptors (Lipinski definition) is 2. The van der Waals surface area contributed by atoms with Gasteiger partial charge in [0.1, 0.15) is 0 Å². The molecule has 0 aromatic heterocycles. The molecule has 0 unspecified atom stereocenters. The van der Waals surface area contributed by atoms with Gasteiger partial charge in [0.15, 0.2) is 0 Å². The molecule has 1 N–H and O–H groups in total. The maximum Gasteiger partial charge on any atom is 0.0323 e. The van der Waals surface area contributed by atoms with Gasteiger partial charge in [-0.25, -0.2) is 0 Å². The fourth-order valence-corrected chi connectivity index (χ4v) is 2.77. The van der Waals surface area contributed by atoms with E-state index < -0.39 is 0 Å². The SMILES string of the molecule is CSC[C@@H]1CC[C@@H](c2ccccc2)N1. The van der Waals surface area contributed by atoms with E-state index in [9.17, 15) is 0 Å². The average Bonchev–Trinajstić information content (AvgIpc) is 2.68. The predicted octanol–water partition coefficient (Wildman–Crippen LogP) is 2.84. The minimum absolute atomic E-state index is 0.591. The quantitative estimate of drug-likeness (QED) is 0.818. The molecule has 0 amide bonds. The maximum absolute atomic E-state index is 3.69. The summed E-state index contributed by atoms with van der Waals surface area (Å²) < 4.78 is 0. The topological polar surface area (TPSA) is 12.0 Å². The van der Waals surface area contributed by atoms with Crippen LogP contribution in [0, 0.1) is 0 Å². The van der Waals surface area contributed by atoms with Crippen molar-refractivity contribution in [1.29, 1.82) is 0 Å². The molecule has 1 aromatic rings. The van der Waals surface area contributed by atoms with E-state index in [2.05, 4.69) is 41.9 Å². The molecule has 0 bridgehead atoms. The summed E-state index contributed by atoms with van der Waals surface area (Å²) >= 11 is 1.93. The first-order valence-electron chi connectivity index (χ1n) is 5.20. The normalized spacial score (nSPS) is 26.6. The summed E-state index contributed by atoms with van der Waals surface area (Å²) in [4.78, 5) is 0. The van der Waals surface area contributed by atoms with E-state index in [0.717, 1.165) is 6.04 Å². The van der Waals surface area contributed by atoms with Gasteiger partial charge in [0.2, 0.25) is 0 Å². The van der Waals surface area contributed by atoms with Crippen molar-refractivity contribution in [2.45, 2.75) is 24.9 Å². The zero-order valence-electron chi connectivity index (χ0n) is 8.57. The first-order chi connectivity index (χ1) is 6.90. The van der Waals surface area contributed by atoms with Gasteiger partial charge in [0.25, 0.3) is 0 Å². The summed E-state index contributed by atoms with van der Waals surface area (Å²) in [6, 6.07) is 12.1. The molecule has 14 heavy (non-hydrogen) atoms. The molecule has 2 atom stereocenters. The van der Waals surface area contributed by atoms with E-state index in [1.54, 1.807) is 0 Å². The number of thioether (sulfide) groups is 1. The number of benzene rings is 1. The van der Waals surface area contributed by atoms with E-state index in [1.807, 2.05) is 11.8 Å². The Labute approximate surface area is 90.3 Å². The van der Waals surface area contributed by atoms with Crippen molar-refractivity contribution in [2.24, 2.45) is 0 Å². The zero-order chi connectivity index (χ0) is 9.80. The first-order valence-corrected chi connectivity index (χ1v) is 6.59. The second kappa shape index (κ2) is 4.85. The second-order valence-electron chi connectivity index (χ2n) is 3.86. The lowest BCUT2D eigenvalue weighted by molar-refractivity contribution is 0.590. The average molecular weight is 207 g/mol. The van der Waals surface area contributed by atoms with Crippen LogP contribution in [0.5, 0.6) is 0 Å². The van der Waals surface area contributed by atoms with E-state index >= 15 is 0 Å². The Morgan fingerprint density at radius 2 is 2.07 bits per heavy atom. The second-order valence-corrected chi connectivity index (χ2v) is 4.77. The fraction of sp³-hybridized carbons (Fsp3) is 0.500. The molecule has 0 aliphatic carbocycles. The Bertz CT molecular complexity index is 273. The largest absolute Gasteiger partial charge is 0.306 e. The van der Waals surface area contributed by atoms with Gasteiger partial charge < -0.3 is 5.32 Å². The van der Waals surface area contributed by atoms with Crippen molar-refractivity contribution in [3.8, 4) is 0 Å². The van der Waals surface area contributed by atoms with E-state index in [0.29, 0.717) is 6.04 Å². The Balaban J connectivity index is 1.96. The molecule has 0 radical (unpaired) electrons. The fourth-order valence-electron chi connectivity index (χ4n) is 2.10. The van der Waals surface area contributed by atoms with Crippen molar-refractivity contribution in [3.05, 3.63) is 35.9 Å². The molecule has 2 heteroatoms. The van der Waals surface area contributed by atoms with Crippen LogP contribution in [0.25, 0.3) is 0 Å². The van der Waals surface area contributed by atoms with E-state index in [4.69, 9.17) is 0 Å². The first kappa shape index (κ1) is 10.1. The lowest BCUT2D eigenvalue weighted by atomic mass is 10.1. The summed E-state index contributed by atoms with van der Waals surface area (Å²) in [6.45, 7) is 0. The molecule has 1 aliphatic heterocycles. The van der Waals surface area contributed by atoms with Crippen LogP contribution in [0.4, 0.5) is 0 Å². The van der Waals surface area contributed by atoms with Crippen molar-refractivity contribution >= 4 is 11.8 Å². The summed E-state index contributed by atoms with van der Waals surface area (Å²) in [5, 5.41) is 3.69. The standard InChI is InChI=1S/C12H17NS/c1-14-9-11-7-8-12(13-11)10-5-3-2-4-6-10/h2-6,11-13H,7-9H2,1H3/t11-,12-/m0/s1. The number of hydrogen-bond donors (Lipinski definition) is 1. The van der Waals surface area contributed by atoms with Gasteiger partial charge >= 0.3 is 0 Å². The highest BCUT2D eigenvalue weighted by atomic mass is 32.2. The Morgan fingerprint density at radius 1 is 1.29 bits per heavy atom. The highest BCUT2D eigenvalue weighted by Gasteiger charge is 2.23. The molecular weight excluding hydrogens is 190 g/mol. The Kier molecular flexibility index (Phi) is 3.49. The van der Waals surface area contributed by atoms with Crippen LogP contribution >= 0.6 is 11.8 Å². The van der Waals surface area contributed by atoms with E-state index in [-0.39, 0.29) is 0 Å². The van der Waals surface area contributed by atoms with E-state index in [1.165, 1.54) is 24.2 Å². The highest BCUT2D eigenvalue weighted by Crippen LogP contribution is 2.27. The molecule has 1 aromatic carbocycles. The summed E-state index contributed by atoms with van der Waals surface area (Å²) in [6.07, 6.45) is 4.78. The number of nitrogens with one attached hydrogen (secondary N) is 1. The van der Waals surface area contributed by atoms with Crippen molar-refractivity contribution < 1.29 is 0 Å². The molecule has 76 valence electrons. The van der Waals surface area contributed by atoms with Crippen LogP contribution in [0.15, 0.2) is 30.3 Å². The predicted molar refractivity (Wildman–Crippen MR) is 63.7 cm³/mol. The van der Waals surface area contributed by atoms with Crippen molar-refractivity contribution in [3.63, 3.8) is 0 Å². The van der Waals surface area contributed by atoms with Crippen LogP contribution in [0.1, 0.15) is 24.4 Å². The minimum atomic E-state index is 0.591. The van der Waals surface area contributed by atoms with Crippen LogP contribution in [-0.4, -0.2) is 18.1 Å². The number of rotatable bonds is 3. The van der Waals surface area contributed by atoms with Crippen LogP contribution in [0.3, 0.4) is 0 Å². The summed E-state index contributed by atoms with van der Waals surface area (Å²) in [7, 11) is 0. The van der Waals surface area contributed by atoms with Crippen LogP contribution in [-0.2, 0) is 0 Å². The van der Waals surface area contributed by atoms with Crippen molar-refractivity contribution in [2.75, 3.05) is 12.0 Å². The van der Waals surface area contributed by atoms with Gasteiger partial charge in [-0.15, -0.1) is 0 Å². The molecule has 1 aliphatic rings. The molecule has 2 rings (SSSR count). The van der Waals surface area contributed by atoms with Gasteiger partial charge in [-0.1, -0.05) is 30.3 Å². The molecule has 1 fully saturated rings. The summed E-state index contributed by atoms with van der Waals surface area (Å²) in [5.74, 6) is 1.24. The van der Waals surface area contributed by atoms with Crippen LogP contribution in [0.2, 0.25) is 0 Å². The third-order valence-corrected chi connectivity index (χ3v) is 3.55. The zero-order valence-corrected chi connectivity index (χ0v) is 9.39. The molecule has 1 nitrogen and oxygen atoms in total. The third-order valence-electron chi connectivity index (χ3n) is 2.81. The van der Waals surface area contributed by atoms with Crippen molar-refractivity contribution in [1.82, 2.24) is 5.32 Å².